The normalized spacial score (nSPS) is 10.7. The Hall–Kier alpha value is -2.66. The number of amides is 1. The van der Waals surface area contributed by atoms with Crippen LogP contribution in [-0.2, 0) is 11.3 Å². The van der Waals surface area contributed by atoms with E-state index in [-0.39, 0.29) is 16.6 Å². The molecule has 0 atom stereocenters. The number of ether oxygens (including phenoxy) is 1. The summed E-state index contributed by atoms with van der Waals surface area (Å²) in [6.07, 6.45) is 3.41. The number of anilines is 2. The molecule has 2 aromatic heterocycles. The van der Waals surface area contributed by atoms with Gasteiger partial charge in [-0.25, -0.2) is 4.79 Å². The molecule has 0 aliphatic carbocycles. The van der Waals surface area contributed by atoms with Crippen molar-refractivity contribution in [1.29, 1.82) is 0 Å². The third kappa shape index (κ3) is 6.32. The Morgan fingerprint density at radius 2 is 1.91 bits per heavy atom. The van der Waals surface area contributed by atoms with E-state index in [1.165, 1.54) is 18.4 Å². The molecule has 2 N–H and O–H groups in total. The van der Waals surface area contributed by atoms with Gasteiger partial charge >= 0.3 is 5.97 Å². The molecule has 2 heterocycles. The van der Waals surface area contributed by atoms with Gasteiger partial charge in [0.2, 0.25) is 0 Å². The van der Waals surface area contributed by atoms with Gasteiger partial charge < -0.3 is 20.3 Å². The van der Waals surface area contributed by atoms with Crippen LogP contribution in [0, 0.1) is 6.92 Å². The lowest BCUT2D eigenvalue weighted by Gasteiger charge is -2.17. The van der Waals surface area contributed by atoms with Crippen molar-refractivity contribution >= 4 is 74.4 Å². The maximum Gasteiger partial charge on any atom is 0.341 e. The van der Waals surface area contributed by atoms with Crippen LogP contribution < -0.4 is 10.6 Å². The molecule has 0 fully saturated rings. The highest BCUT2D eigenvalue weighted by Crippen LogP contribution is 2.34. The maximum absolute atomic E-state index is 13.0. The summed E-state index contributed by atoms with van der Waals surface area (Å²) in [6.45, 7) is 7.17. The number of esters is 1. The monoisotopic (exact) mass is 553 g/mol. The molecule has 35 heavy (non-hydrogen) atoms. The molecule has 1 amide bonds. The van der Waals surface area contributed by atoms with Gasteiger partial charge in [0.25, 0.3) is 5.91 Å². The Kier molecular flexibility index (Phi) is 9.12. The molecule has 3 rings (SSSR count). The van der Waals surface area contributed by atoms with Gasteiger partial charge in [0.05, 0.1) is 46.0 Å². The molecule has 0 unspecified atom stereocenters. The van der Waals surface area contributed by atoms with Gasteiger partial charge in [-0.15, -0.1) is 11.3 Å². The lowest BCUT2D eigenvalue weighted by Crippen LogP contribution is -2.30. The number of methoxy groups -OCH3 is 1. The standard InChI is InChI=1S/C23H25Cl2N5O3S2/c1-5-29(6-2)21(31)19-13(3)18(22(32)33-4)20(35-19)28-23(34)27-15-10-26-30(12-15)11-14-7-8-16(24)17(25)9-14/h7-10,12H,5-6,11H2,1-4H3,(H2,27,28,34). The molecule has 8 nitrogen and oxygen atoms in total. The van der Waals surface area contributed by atoms with Crippen LogP contribution in [0.3, 0.4) is 0 Å². The number of nitrogens with zero attached hydrogens (tertiary/aromatic N) is 3. The van der Waals surface area contributed by atoms with Crippen molar-refractivity contribution in [3.8, 4) is 0 Å². The number of hydrogen-bond acceptors (Lipinski definition) is 6. The number of nitrogens with one attached hydrogen (secondary N) is 2. The van der Waals surface area contributed by atoms with E-state index in [2.05, 4.69) is 15.7 Å². The molecule has 0 bridgehead atoms. The van der Waals surface area contributed by atoms with Crippen molar-refractivity contribution < 1.29 is 14.3 Å². The molecule has 0 saturated heterocycles. The average molecular weight is 555 g/mol. The van der Waals surface area contributed by atoms with Crippen LogP contribution in [-0.4, -0.2) is 51.9 Å². The Labute approximate surface area is 223 Å². The van der Waals surface area contributed by atoms with E-state index in [4.69, 9.17) is 40.2 Å². The smallest absolute Gasteiger partial charge is 0.341 e. The number of halogens is 2. The predicted octanol–water partition coefficient (Wildman–Crippen LogP) is 5.69. The lowest BCUT2D eigenvalue weighted by molar-refractivity contribution is 0.0601. The van der Waals surface area contributed by atoms with Crippen molar-refractivity contribution in [2.45, 2.75) is 27.3 Å². The van der Waals surface area contributed by atoms with E-state index >= 15 is 0 Å². The zero-order chi connectivity index (χ0) is 25.7. The van der Waals surface area contributed by atoms with Gasteiger partial charge in [-0.3, -0.25) is 9.48 Å². The van der Waals surface area contributed by atoms with Crippen LogP contribution in [0.25, 0.3) is 0 Å². The fourth-order valence-electron chi connectivity index (χ4n) is 3.41. The zero-order valence-corrected chi connectivity index (χ0v) is 22.8. The first-order chi connectivity index (χ1) is 16.7. The van der Waals surface area contributed by atoms with E-state index in [9.17, 15) is 9.59 Å². The Bertz CT molecular complexity index is 1250. The third-order valence-electron chi connectivity index (χ3n) is 5.23. The number of thiophene rings is 1. The SMILES string of the molecule is CCN(CC)C(=O)c1sc(NC(=S)Nc2cnn(Cc3ccc(Cl)c(Cl)c3)c2)c(C(=O)OC)c1C. The van der Waals surface area contributed by atoms with Gasteiger partial charge in [0.1, 0.15) is 5.00 Å². The first kappa shape index (κ1) is 26.9. The molecule has 0 spiro atoms. The van der Waals surface area contributed by atoms with Gasteiger partial charge in [0, 0.05) is 19.3 Å². The highest BCUT2D eigenvalue weighted by atomic mass is 35.5. The topological polar surface area (TPSA) is 88.5 Å². The van der Waals surface area contributed by atoms with Gasteiger partial charge in [0.15, 0.2) is 5.11 Å². The van der Waals surface area contributed by atoms with Crippen molar-refractivity contribution in [3.05, 3.63) is 62.2 Å². The number of carbonyl (C=O) groups is 2. The minimum absolute atomic E-state index is 0.141. The number of benzene rings is 1. The van der Waals surface area contributed by atoms with Crippen molar-refractivity contribution in [1.82, 2.24) is 14.7 Å². The van der Waals surface area contributed by atoms with Gasteiger partial charge in [-0.2, -0.15) is 5.10 Å². The minimum atomic E-state index is -0.544. The van der Waals surface area contributed by atoms with Crippen LogP contribution in [0.2, 0.25) is 10.0 Å². The highest BCUT2D eigenvalue weighted by molar-refractivity contribution is 7.80. The first-order valence-corrected chi connectivity index (χ1v) is 12.7. The first-order valence-electron chi connectivity index (χ1n) is 10.7. The molecule has 1 aromatic carbocycles. The van der Waals surface area contributed by atoms with Gasteiger partial charge in [-0.05, 0) is 56.2 Å². The molecule has 3 aromatic rings. The highest BCUT2D eigenvalue weighted by Gasteiger charge is 2.27. The summed E-state index contributed by atoms with van der Waals surface area (Å²) < 4.78 is 6.67. The van der Waals surface area contributed by atoms with Crippen LogP contribution >= 0.6 is 46.8 Å². The number of rotatable bonds is 8. The Morgan fingerprint density at radius 1 is 1.20 bits per heavy atom. The van der Waals surface area contributed by atoms with Gasteiger partial charge in [-0.1, -0.05) is 29.3 Å². The second-order valence-corrected chi connectivity index (χ2v) is 9.73. The summed E-state index contributed by atoms with van der Waals surface area (Å²) in [5.41, 5.74) is 2.43. The summed E-state index contributed by atoms with van der Waals surface area (Å²) in [4.78, 5) is 27.6. The quantitative estimate of drug-likeness (QED) is 0.273. The van der Waals surface area contributed by atoms with E-state index in [1.54, 1.807) is 41.0 Å². The molecule has 0 aliphatic rings. The van der Waals surface area contributed by atoms with E-state index in [0.29, 0.717) is 50.8 Å². The Morgan fingerprint density at radius 3 is 2.54 bits per heavy atom. The second-order valence-electron chi connectivity index (χ2n) is 7.48. The van der Waals surface area contributed by atoms with Crippen LogP contribution in [0.4, 0.5) is 10.7 Å². The maximum atomic E-state index is 13.0. The summed E-state index contributed by atoms with van der Waals surface area (Å²) in [6, 6.07) is 5.40. The number of hydrogen-bond donors (Lipinski definition) is 2. The molecule has 0 radical (unpaired) electrons. The van der Waals surface area contributed by atoms with Crippen LogP contribution in [0.1, 0.15) is 45.0 Å². The number of thiocarbonyl (C=S) groups is 1. The molecule has 0 saturated carbocycles. The van der Waals surface area contributed by atoms with Crippen LogP contribution in [0.15, 0.2) is 30.6 Å². The average Bonchev–Trinajstić information content (AvgIpc) is 3.39. The van der Waals surface area contributed by atoms with Crippen molar-refractivity contribution in [2.24, 2.45) is 0 Å². The molecule has 0 aliphatic heterocycles. The fraction of sp³-hybridized carbons (Fsp3) is 0.304. The van der Waals surface area contributed by atoms with Crippen molar-refractivity contribution in [3.63, 3.8) is 0 Å². The van der Waals surface area contributed by atoms with E-state index in [1.807, 2.05) is 19.9 Å². The molecular formula is C23H25Cl2N5O3S2. The summed E-state index contributed by atoms with van der Waals surface area (Å²) in [7, 11) is 1.30. The summed E-state index contributed by atoms with van der Waals surface area (Å²) in [5.74, 6) is -0.685. The van der Waals surface area contributed by atoms with E-state index < -0.39 is 5.97 Å². The summed E-state index contributed by atoms with van der Waals surface area (Å²) in [5, 5.41) is 12.1. The minimum Gasteiger partial charge on any atom is -0.465 e. The Balaban J connectivity index is 1.76. The number of aromatic nitrogens is 2. The predicted molar refractivity (Wildman–Crippen MR) is 145 cm³/mol. The fourth-order valence-corrected chi connectivity index (χ4v) is 5.19. The molecule has 186 valence electrons. The molecular weight excluding hydrogens is 529 g/mol. The number of carbonyl (C=O) groups excluding carboxylic acids is 2. The van der Waals surface area contributed by atoms with Crippen molar-refractivity contribution in [2.75, 3.05) is 30.8 Å². The zero-order valence-electron chi connectivity index (χ0n) is 19.6. The largest absolute Gasteiger partial charge is 0.465 e. The van der Waals surface area contributed by atoms with Crippen LogP contribution in [0.5, 0.6) is 0 Å². The molecule has 12 heteroatoms. The van der Waals surface area contributed by atoms with E-state index in [0.717, 1.165) is 5.56 Å². The second kappa shape index (κ2) is 11.9. The lowest BCUT2D eigenvalue weighted by atomic mass is 10.1. The third-order valence-corrected chi connectivity index (χ3v) is 7.37. The summed E-state index contributed by atoms with van der Waals surface area (Å²) >= 11 is 18.7.